The molecule has 0 radical (unpaired) electrons. The first-order valence-electron chi connectivity index (χ1n) is 9.03. The Labute approximate surface area is 153 Å². The van der Waals surface area contributed by atoms with E-state index in [4.69, 9.17) is 0 Å². The van der Waals surface area contributed by atoms with Crippen LogP contribution in [-0.2, 0) is 11.3 Å². The molecule has 1 aliphatic carbocycles. The van der Waals surface area contributed by atoms with Gasteiger partial charge in [0.05, 0.1) is 6.61 Å². The Morgan fingerprint density at radius 1 is 1.12 bits per heavy atom. The van der Waals surface area contributed by atoms with Gasteiger partial charge in [0, 0.05) is 31.4 Å². The molecule has 1 heterocycles. The zero-order valence-corrected chi connectivity index (χ0v) is 14.6. The standard InChI is InChI=1S/C22H22N2O2/c25-11-10-24(15-16-4-3-9-23-14-16)22(26)21-13-20(21)19-8-7-17-5-1-2-6-18(17)12-19/h1-9,12,14,20-21,25H,10-11,13,15H2. The van der Waals surface area contributed by atoms with Crippen LogP contribution in [0.5, 0.6) is 0 Å². The number of amides is 1. The summed E-state index contributed by atoms with van der Waals surface area (Å²) in [5.74, 6) is 0.419. The van der Waals surface area contributed by atoms with Gasteiger partial charge in [-0.15, -0.1) is 0 Å². The van der Waals surface area contributed by atoms with Gasteiger partial charge in [-0.3, -0.25) is 9.78 Å². The van der Waals surface area contributed by atoms with Gasteiger partial charge in [0.1, 0.15) is 0 Å². The van der Waals surface area contributed by atoms with Crippen molar-refractivity contribution in [3.63, 3.8) is 0 Å². The third-order valence-corrected chi connectivity index (χ3v) is 5.09. The average molecular weight is 346 g/mol. The molecule has 1 saturated carbocycles. The summed E-state index contributed by atoms with van der Waals surface area (Å²) in [7, 11) is 0. The van der Waals surface area contributed by atoms with Gasteiger partial charge in [-0.1, -0.05) is 48.5 Å². The number of benzene rings is 2. The van der Waals surface area contributed by atoms with Crippen molar-refractivity contribution in [1.82, 2.24) is 9.88 Å². The number of carbonyl (C=O) groups excluding carboxylic acids is 1. The van der Waals surface area contributed by atoms with Crippen LogP contribution in [0.3, 0.4) is 0 Å². The molecule has 2 atom stereocenters. The Morgan fingerprint density at radius 3 is 2.73 bits per heavy atom. The highest BCUT2D eigenvalue weighted by atomic mass is 16.3. The Bertz CT molecular complexity index is 910. The number of carbonyl (C=O) groups is 1. The fourth-order valence-electron chi connectivity index (χ4n) is 3.61. The number of rotatable bonds is 6. The summed E-state index contributed by atoms with van der Waals surface area (Å²) in [5, 5.41) is 11.8. The molecule has 4 nitrogen and oxygen atoms in total. The van der Waals surface area contributed by atoms with Crippen molar-refractivity contribution >= 4 is 16.7 Å². The molecule has 4 heteroatoms. The fourth-order valence-corrected chi connectivity index (χ4v) is 3.61. The Balaban J connectivity index is 1.48. The van der Waals surface area contributed by atoms with Gasteiger partial charge in [0.2, 0.25) is 5.91 Å². The minimum absolute atomic E-state index is 0.0133. The van der Waals surface area contributed by atoms with Crippen molar-refractivity contribution < 1.29 is 9.90 Å². The van der Waals surface area contributed by atoms with Gasteiger partial charge in [-0.25, -0.2) is 0 Å². The highest BCUT2D eigenvalue weighted by Crippen LogP contribution is 2.49. The number of aliphatic hydroxyl groups is 1. The van der Waals surface area contributed by atoms with Gasteiger partial charge in [0.25, 0.3) is 0 Å². The van der Waals surface area contributed by atoms with E-state index in [1.807, 2.05) is 24.3 Å². The number of fused-ring (bicyclic) bond motifs is 1. The van der Waals surface area contributed by atoms with Crippen LogP contribution in [0.2, 0.25) is 0 Å². The van der Waals surface area contributed by atoms with E-state index in [-0.39, 0.29) is 24.3 Å². The van der Waals surface area contributed by atoms with Gasteiger partial charge in [0.15, 0.2) is 0 Å². The lowest BCUT2D eigenvalue weighted by Crippen LogP contribution is -2.34. The maximum atomic E-state index is 12.9. The number of pyridine rings is 1. The van der Waals surface area contributed by atoms with Crippen LogP contribution in [0, 0.1) is 5.92 Å². The molecule has 1 aliphatic rings. The SMILES string of the molecule is O=C(C1CC1c1ccc2ccccc2c1)N(CCO)Cc1cccnc1. The highest BCUT2D eigenvalue weighted by molar-refractivity contribution is 5.86. The first-order chi connectivity index (χ1) is 12.8. The number of hydrogen-bond acceptors (Lipinski definition) is 3. The van der Waals surface area contributed by atoms with Crippen LogP contribution < -0.4 is 0 Å². The van der Waals surface area contributed by atoms with Crippen molar-refractivity contribution in [2.75, 3.05) is 13.2 Å². The second kappa shape index (κ2) is 7.26. The molecule has 0 saturated heterocycles. The van der Waals surface area contributed by atoms with Crippen molar-refractivity contribution in [1.29, 1.82) is 0 Å². The zero-order chi connectivity index (χ0) is 17.9. The molecule has 0 aliphatic heterocycles. The fraction of sp³-hybridized carbons (Fsp3) is 0.273. The summed E-state index contributed by atoms with van der Waals surface area (Å²) < 4.78 is 0. The Hall–Kier alpha value is -2.72. The van der Waals surface area contributed by atoms with Crippen LogP contribution in [0.4, 0.5) is 0 Å². The third kappa shape index (κ3) is 3.46. The predicted octanol–water partition coefficient (Wildman–Crippen LogP) is 3.36. The summed E-state index contributed by atoms with van der Waals surface area (Å²) >= 11 is 0. The van der Waals surface area contributed by atoms with Crippen LogP contribution in [0.25, 0.3) is 10.8 Å². The van der Waals surface area contributed by atoms with E-state index < -0.39 is 0 Å². The lowest BCUT2D eigenvalue weighted by molar-refractivity contribution is -0.133. The van der Waals surface area contributed by atoms with Crippen LogP contribution in [-0.4, -0.2) is 34.0 Å². The maximum absolute atomic E-state index is 12.9. The monoisotopic (exact) mass is 346 g/mol. The number of aliphatic hydroxyl groups excluding tert-OH is 1. The van der Waals surface area contributed by atoms with E-state index in [1.165, 1.54) is 16.3 Å². The van der Waals surface area contributed by atoms with Gasteiger partial charge in [-0.05, 0) is 40.3 Å². The van der Waals surface area contributed by atoms with Crippen LogP contribution >= 0.6 is 0 Å². The first-order valence-corrected chi connectivity index (χ1v) is 9.03. The van der Waals surface area contributed by atoms with Gasteiger partial charge < -0.3 is 10.0 Å². The van der Waals surface area contributed by atoms with Crippen molar-refractivity contribution in [2.45, 2.75) is 18.9 Å². The molecule has 3 aromatic rings. The molecular formula is C22H22N2O2. The van der Waals surface area contributed by atoms with E-state index in [0.717, 1.165) is 12.0 Å². The smallest absolute Gasteiger partial charge is 0.226 e. The number of hydrogen-bond donors (Lipinski definition) is 1. The molecule has 26 heavy (non-hydrogen) atoms. The lowest BCUT2D eigenvalue weighted by atomic mass is 10.0. The molecule has 2 aromatic carbocycles. The molecule has 0 spiro atoms. The Kier molecular flexibility index (Phi) is 4.67. The summed E-state index contributed by atoms with van der Waals surface area (Å²) in [6.45, 7) is 0.822. The quantitative estimate of drug-likeness (QED) is 0.745. The van der Waals surface area contributed by atoms with Crippen molar-refractivity contribution in [2.24, 2.45) is 5.92 Å². The van der Waals surface area contributed by atoms with E-state index in [9.17, 15) is 9.90 Å². The van der Waals surface area contributed by atoms with Crippen LogP contribution in [0.1, 0.15) is 23.5 Å². The molecule has 0 bridgehead atoms. The minimum Gasteiger partial charge on any atom is -0.395 e. The molecular weight excluding hydrogens is 324 g/mol. The number of nitrogens with zero attached hydrogens (tertiary/aromatic N) is 2. The van der Waals surface area contributed by atoms with Gasteiger partial charge in [-0.2, -0.15) is 0 Å². The Morgan fingerprint density at radius 2 is 1.96 bits per heavy atom. The van der Waals surface area contributed by atoms with E-state index >= 15 is 0 Å². The van der Waals surface area contributed by atoms with Crippen LogP contribution in [0.15, 0.2) is 67.0 Å². The van der Waals surface area contributed by atoms with Gasteiger partial charge >= 0.3 is 0 Å². The largest absolute Gasteiger partial charge is 0.395 e. The molecule has 2 unspecified atom stereocenters. The second-order valence-corrected chi connectivity index (χ2v) is 6.90. The average Bonchev–Trinajstić information content (AvgIpc) is 3.48. The summed E-state index contributed by atoms with van der Waals surface area (Å²) in [5.41, 5.74) is 2.21. The van der Waals surface area contributed by atoms with E-state index in [1.54, 1.807) is 17.3 Å². The zero-order valence-electron chi connectivity index (χ0n) is 14.6. The third-order valence-electron chi connectivity index (χ3n) is 5.09. The normalized spacial score (nSPS) is 18.7. The van der Waals surface area contributed by atoms with E-state index in [0.29, 0.717) is 13.1 Å². The number of aromatic nitrogens is 1. The second-order valence-electron chi connectivity index (χ2n) is 6.90. The molecule has 1 amide bonds. The van der Waals surface area contributed by atoms with Crippen molar-refractivity contribution in [3.05, 3.63) is 78.1 Å². The summed E-state index contributed by atoms with van der Waals surface area (Å²) in [6.07, 6.45) is 4.37. The maximum Gasteiger partial charge on any atom is 0.226 e. The highest BCUT2D eigenvalue weighted by Gasteiger charge is 2.45. The molecule has 1 fully saturated rings. The summed E-state index contributed by atoms with van der Waals surface area (Å²) in [4.78, 5) is 18.8. The molecule has 1 aromatic heterocycles. The predicted molar refractivity (Wildman–Crippen MR) is 102 cm³/mol. The van der Waals surface area contributed by atoms with Crippen molar-refractivity contribution in [3.8, 4) is 0 Å². The van der Waals surface area contributed by atoms with E-state index in [2.05, 4.69) is 35.3 Å². The first kappa shape index (κ1) is 16.7. The minimum atomic E-state index is -0.0284. The topological polar surface area (TPSA) is 53.4 Å². The summed E-state index contributed by atoms with van der Waals surface area (Å²) in [6, 6.07) is 18.6. The molecule has 132 valence electrons. The molecule has 1 N–H and O–H groups in total. The lowest BCUT2D eigenvalue weighted by Gasteiger charge is -2.22. The molecule has 4 rings (SSSR count).